The maximum Gasteiger partial charge on any atom is 0.410 e. The fourth-order valence-electron chi connectivity index (χ4n) is 5.27. The second-order valence-electron chi connectivity index (χ2n) is 11.2. The number of ether oxygens (including phenoxy) is 1. The number of benzene rings is 1. The van der Waals surface area contributed by atoms with E-state index in [2.05, 4.69) is 21.9 Å². The SMILES string of the molecule is CC(C)(C)OC(=O)N1CCC(CCN2CCN(c3ccc(S(O)([OH2+])N4CCCC4)cc3)CC2)CC1. The normalized spacial score (nSPS) is 23.8. The highest BCUT2D eigenvalue weighted by molar-refractivity contribution is 8.22. The van der Waals surface area contributed by atoms with Crippen molar-refractivity contribution in [2.45, 2.75) is 63.4 Å². The summed E-state index contributed by atoms with van der Waals surface area (Å²) in [5.41, 5.74) is 0.747. The number of piperidine rings is 1. The van der Waals surface area contributed by atoms with Crippen molar-refractivity contribution in [2.75, 3.05) is 63.8 Å². The van der Waals surface area contributed by atoms with Gasteiger partial charge in [-0.15, -0.1) is 0 Å². The van der Waals surface area contributed by atoms with Crippen LogP contribution in [0.3, 0.4) is 0 Å². The minimum absolute atomic E-state index is 0.176. The number of anilines is 1. The van der Waals surface area contributed by atoms with Gasteiger partial charge in [-0.2, -0.15) is 4.31 Å². The molecule has 0 radical (unpaired) electrons. The molecule has 8 nitrogen and oxygen atoms in total. The summed E-state index contributed by atoms with van der Waals surface area (Å²) >= 11 is 0. The highest BCUT2D eigenvalue weighted by Gasteiger charge is 2.32. The Morgan fingerprint density at radius 1 is 1.00 bits per heavy atom. The molecule has 0 saturated carbocycles. The smallest absolute Gasteiger partial charge is 0.410 e. The molecule has 1 amide bonds. The number of piperazine rings is 1. The number of hydrogen-bond donors (Lipinski definition) is 1. The topological polar surface area (TPSA) is 82.4 Å². The molecule has 3 saturated heterocycles. The zero-order valence-corrected chi connectivity index (χ0v) is 22.6. The van der Waals surface area contributed by atoms with Gasteiger partial charge in [-0.3, -0.25) is 4.90 Å². The van der Waals surface area contributed by atoms with Gasteiger partial charge in [-0.05, 0) is 100 Å². The van der Waals surface area contributed by atoms with Crippen LogP contribution in [0.1, 0.15) is 52.9 Å². The molecule has 0 aromatic heterocycles. The lowest BCUT2D eigenvalue weighted by atomic mass is 9.93. The molecule has 3 heterocycles. The van der Waals surface area contributed by atoms with E-state index in [4.69, 9.17) is 9.29 Å². The van der Waals surface area contributed by atoms with Gasteiger partial charge in [-0.1, -0.05) is 0 Å². The van der Waals surface area contributed by atoms with Crippen LogP contribution in [0, 0.1) is 5.92 Å². The fraction of sp³-hybridized carbons (Fsp3) is 0.731. The predicted octanol–water partition coefficient (Wildman–Crippen LogP) is 4.13. The highest BCUT2D eigenvalue weighted by atomic mass is 32.3. The summed E-state index contributed by atoms with van der Waals surface area (Å²) in [6, 6.07) is 8.05. The van der Waals surface area contributed by atoms with E-state index in [1.165, 1.54) is 12.1 Å². The van der Waals surface area contributed by atoms with E-state index in [0.717, 1.165) is 89.5 Å². The van der Waals surface area contributed by atoms with Crippen LogP contribution in [0.5, 0.6) is 0 Å². The lowest BCUT2D eigenvalue weighted by Gasteiger charge is -2.38. The third-order valence-electron chi connectivity index (χ3n) is 7.46. The van der Waals surface area contributed by atoms with E-state index >= 15 is 0 Å². The summed E-state index contributed by atoms with van der Waals surface area (Å²) in [6.45, 7) is 14.2. The molecule has 3 aliphatic rings. The van der Waals surface area contributed by atoms with E-state index in [9.17, 15) is 9.35 Å². The number of carbonyl (C=O) groups excluding carboxylic acids is 1. The molecule has 0 aliphatic carbocycles. The number of hydrogen-bond acceptors (Lipinski definition) is 6. The minimum Gasteiger partial charge on any atom is -0.444 e. The lowest BCUT2D eigenvalue weighted by Crippen LogP contribution is -2.47. The summed E-state index contributed by atoms with van der Waals surface area (Å²) in [5.74, 6) is 0.681. The molecule has 1 aromatic carbocycles. The van der Waals surface area contributed by atoms with E-state index in [1.54, 1.807) is 0 Å². The fourth-order valence-corrected chi connectivity index (χ4v) is 6.87. The summed E-state index contributed by atoms with van der Waals surface area (Å²) in [5, 5.41) is 0. The summed E-state index contributed by atoms with van der Waals surface area (Å²) < 4.78 is 26.8. The maximum atomic E-state index is 12.3. The largest absolute Gasteiger partial charge is 0.444 e. The Morgan fingerprint density at radius 3 is 2.17 bits per heavy atom. The van der Waals surface area contributed by atoms with Crippen LogP contribution in [0.2, 0.25) is 0 Å². The van der Waals surface area contributed by atoms with Gasteiger partial charge in [0.15, 0.2) is 0 Å². The number of rotatable bonds is 6. The quantitative estimate of drug-likeness (QED) is 0.581. The van der Waals surface area contributed by atoms with E-state index < -0.39 is 16.4 Å². The maximum absolute atomic E-state index is 12.3. The molecule has 9 heteroatoms. The standard InChI is InChI=1S/C26H44N4O4S/c1-26(2,3)34-25(31)29-16-11-22(12-17-29)10-15-27-18-20-28(21-19-27)23-6-8-24(9-7-23)35(32,33)30-13-4-5-14-30/h6-9,22,32-33H,4-5,10-21H2,1-3H3/p+1. The average Bonchev–Trinajstić information content (AvgIpc) is 3.39. The lowest BCUT2D eigenvalue weighted by molar-refractivity contribution is 0.0177. The summed E-state index contributed by atoms with van der Waals surface area (Å²) in [6.07, 6.45) is 5.28. The number of nitrogens with zero attached hydrogens (tertiary/aromatic N) is 4. The first-order chi connectivity index (χ1) is 16.6. The number of carbonyl (C=O) groups is 1. The van der Waals surface area contributed by atoms with Gasteiger partial charge in [0.25, 0.3) is 0 Å². The highest BCUT2D eigenvalue weighted by Crippen LogP contribution is 2.53. The first-order valence-electron chi connectivity index (χ1n) is 13.2. The Kier molecular flexibility index (Phi) is 8.53. The van der Waals surface area contributed by atoms with Gasteiger partial charge in [0.05, 0.1) is 0 Å². The first kappa shape index (κ1) is 26.5. The Bertz CT molecular complexity index is 823. The van der Waals surface area contributed by atoms with Gasteiger partial charge in [0, 0.05) is 58.0 Å². The average molecular weight is 510 g/mol. The Labute approximate surface area is 212 Å². The van der Waals surface area contributed by atoms with E-state index in [1.807, 2.05) is 42.1 Å². The van der Waals surface area contributed by atoms with E-state index in [0.29, 0.717) is 5.92 Å². The monoisotopic (exact) mass is 509 g/mol. The summed E-state index contributed by atoms with van der Waals surface area (Å²) in [7, 11) is -2.60. The molecule has 1 aromatic rings. The van der Waals surface area contributed by atoms with Gasteiger partial charge in [0.2, 0.25) is 0 Å². The molecule has 1 atom stereocenters. The van der Waals surface area contributed by atoms with Crippen molar-refractivity contribution < 1.29 is 18.6 Å². The molecule has 3 aliphatic heterocycles. The number of likely N-dealkylation sites (tertiary alicyclic amines) is 1. The molecule has 198 valence electrons. The van der Waals surface area contributed by atoms with Crippen molar-refractivity contribution in [2.24, 2.45) is 5.92 Å². The zero-order chi connectivity index (χ0) is 25.1. The molecule has 3 N–H and O–H groups in total. The first-order valence-corrected chi connectivity index (χ1v) is 14.8. The van der Waals surface area contributed by atoms with Crippen molar-refractivity contribution >= 4 is 22.6 Å². The Hall–Kier alpha value is -1.52. The predicted molar refractivity (Wildman–Crippen MR) is 143 cm³/mol. The zero-order valence-electron chi connectivity index (χ0n) is 21.7. The second kappa shape index (κ2) is 11.3. The van der Waals surface area contributed by atoms with Crippen LogP contribution < -0.4 is 4.90 Å². The van der Waals surface area contributed by atoms with Gasteiger partial charge >= 0.3 is 6.09 Å². The molecular weight excluding hydrogens is 464 g/mol. The molecule has 4 rings (SSSR count). The van der Waals surface area contributed by atoms with Crippen LogP contribution in [-0.4, -0.2) is 93.8 Å². The molecule has 0 spiro atoms. The van der Waals surface area contributed by atoms with Crippen LogP contribution in [0.15, 0.2) is 29.2 Å². The third kappa shape index (κ3) is 7.04. The Morgan fingerprint density at radius 2 is 1.60 bits per heavy atom. The molecule has 1 unspecified atom stereocenters. The van der Waals surface area contributed by atoms with Gasteiger partial charge in [-0.25, -0.2) is 9.35 Å². The van der Waals surface area contributed by atoms with Gasteiger partial charge in [0.1, 0.15) is 10.5 Å². The van der Waals surface area contributed by atoms with Crippen molar-refractivity contribution in [3.63, 3.8) is 0 Å². The minimum atomic E-state index is -2.60. The van der Waals surface area contributed by atoms with Crippen molar-refractivity contribution in [1.82, 2.24) is 14.1 Å². The number of amides is 1. The third-order valence-corrected chi connectivity index (χ3v) is 9.50. The van der Waals surface area contributed by atoms with Crippen molar-refractivity contribution in [3.8, 4) is 0 Å². The van der Waals surface area contributed by atoms with Crippen molar-refractivity contribution in [3.05, 3.63) is 24.3 Å². The Balaban J connectivity index is 1.17. The molecule has 35 heavy (non-hydrogen) atoms. The van der Waals surface area contributed by atoms with Crippen molar-refractivity contribution in [1.29, 1.82) is 0 Å². The summed E-state index contributed by atoms with van der Waals surface area (Å²) in [4.78, 5) is 19.8. The van der Waals surface area contributed by atoms with Crippen LogP contribution in [0.4, 0.5) is 10.5 Å². The van der Waals surface area contributed by atoms with Gasteiger partial charge < -0.3 is 19.1 Å². The van der Waals surface area contributed by atoms with Crippen LogP contribution in [-0.2, 0) is 4.74 Å². The van der Waals surface area contributed by atoms with Crippen LogP contribution >= 0.6 is 10.8 Å². The second-order valence-corrected chi connectivity index (χ2v) is 13.3. The molecule has 3 fully saturated rings. The van der Waals surface area contributed by atoms with E-state index in [-0.39, 0.29) is 6.09 Å². The molecular formula is C26H45N4O4S+. The molecule has 0 bridgehead atoms. The van der Waals surface area contributed by atoms with Crippen LogP contribution in [0.25, 0.3) is 0 Å².